The molecule has 2 unspecified atom stereocenters. The highest BCUT2D eigenvalue weighted by atomic mass is 16.3. The Balaban J connectivity index is 2.11. The standard InChI is InChI=1S/C19H31NO/c1-15(2)13-18(14-21)20-19(16-9-5-3-6-10-16)17-11-7-4-8-12-17/h3,5-6,9-10,15,17-21H,4,7-8,11-14H2,1-2H3. The van der Waals surface area contributed by atoms with Gasteiger partial charge >= 0.3 is 0 Å². The Bertz CT molecular complexity index is 384. The van der Waals surface area contributed by atoms with Gasteiger partial charge in [-0.05, 0) is 36.7 Å². The lowest BCUT2D eigenvalue weighted by Gasteiger charge is -2.34. The molecule has 2 nitrogen and oxygen atoms in total. The number of benzene rings is 1. The maximum Gasteiger partial charge on any atom is 0.0584 e. The number of aliphatic hydroxyl groups excluding tert-OH is 1. The van der Waals surface area contributed by atoms with Crippen LogP contribution in [0.1, 0.15) is 64.0 Å². The van der Waals surface area contributed by atoms with Gasteiger partial charge in [0.25, 0.3) is 0 Å². The third-order valence-corrected chi connectivity index (χ3v) is 4.67. The van der Waals surface area contributed by atoms with Crippen LogP contribution in [0.2, 0.25) is 0 Å². The lowest BCUT2D eigenvalue weighted by Crippen LogP contribution is -2.40. The molecule has 2 heteroatoms. The van der Waals surface area contributed by atoms with Crippen LogP contribution < -0.4 is 5.32 Å². The summed E-state index contributed by atoms with van der Waals surface area (Å²) < 4.78 is 0. The average molecular weight is 289 g/mol. The van der Waals surface area contributed by atoms with E-state index in [4.69, 9.17) is 0 Å². The largest absolute Gasteiger partial charge is 0.395 e. The maximum absolute atomic E-state index is 9.71. The lowest BCUT2D eigenvalue weighted by molar-refractivity contribution is 0.183. The number of aliphatic hydroxyl groups is 1. The van der Waals surface area contributed by atoms with Crippen molar-refractivity contribution < 1.29 is 5.11 Å². The normalized spacial score (nSPS) is 19.6. The summed E-state index contributed by atoms with van der Waals surface area (Å²) in [6.07, 6.45) is 7.74. The monoisotopic (exact) mass is 289 g/mol. The van der Waals surface area contributed by atoms with Gasteiger partial charge in [-0.1, -0.05) is 63.4 Å². The summed E-state index contributed by atoms with van der Waals surface area (Å²) in [4.78, 5) is 0. The Labute approximate surface area is 130 Å². The van der Waals surface area contributed by atoms with Gasteiger partial charge in [-0.15, -0.1) is 0 Å². The Kier molecular flexibility index (Phi) is 6.72. The summed E-state index contributed by atoms with van der Waals surface area (Å²) in [5.74, 6) is 1.32. The summed E-state index contributed by atoms with van der Waals surface area (Å²) >= 11 is 0. The molecule has 0 aromatic heterocycles. The van der Waals surface area contributed by atoms with E-state index in [0.717, 1.165) is 6.42 Å². The molecular weight excluding hydrogens is 258 g/mol. The van der Waals surface area contributed by atoms with Crippen molar-refractivity contribution in [2.24, 2.45) is 11.8 Å². The average Bonchev–Trinajstić information content (AvgIpc) is 2.52. The molecule has 0 saturated heterocycles. The minimum atomic E-state index is 0.206. The van der Waals surface area contributed by atoms with Gasteiger partial charge in [-0.3, -0.25) is 0 Å². The molecule has 0 spiro atoms. The van der Waals surface area contributed by atoms with Gasteiger partial charge in [-0.2, -0.15) is 0 Å². The van der Waals surface area contributed by atoms with Crippen LogP contribution in [0.4, 0.5) is 0 Å². The highest BCUT2D eigenvalue weighted by Gasteiger charge is 2.27. The number of rotatable bonds is 7. The second kappa shape index (κ2) is 8.55. The molecule has 0 heterocycles. The van der Waals surface area contributed by atoms with Crippen LogP contribution in [-0.2, 0) is 0 Å². The first kappa shape index (κ1) is 16.5. The van der Waals surface area contributed by atoms with E-state index in [-0.39, 0.29) is 12.6 Å². The van der Waals surface area contributed by atoms with Crippen molar-refractivity contribution in [2.45, 2.75) is 64.5 Å². The van der Waals surface area contributed by atoms with E-state index in [0.29, 0.717) is 17.9 Å². The molecule has 0 bridgehead atoms. The van der Waals surface area contributed by atoms with E-state index in [2.05, 4.69) is 49.5 Å². The molecular formula is C19H31NO. The molecule has 0 amide bonds. The van der Waals surface area contributed by atoms with Gasteiger partial charge in [0.2, 0.25) is 0 Å². The van der Waals surface area contributed by atoms with Crippen LogP contribution in [0.15, 0.2) is 30.3 Å². The zero-order valence-electron chi connectivity index (χ0n) is 13.6. The van der Waals surface area contributed by atoms with E-state index >= 15 is 0 Å². The van der Waals surface area contributed by atoms with Crippen LogP contribution in [-0.4, -0.2) is 17.8 Å². The van der Waals surface area contributed by atoms with E-state index in [1.165, 1.54) is 37.7 Å². The molecule has 1 aliphatic carbocycles. The summed E-state index contributed by atoms with van der Waals surface area (Å²) in [6.45, 7) is 4.68. The smallest absolute Gasteiger partial charge is 0.0584 e. The van der Waals surface area contributed by atoms with Crippen molar-refractivity contribution in [1.82, 2.24) is 5.32 Å². The maximum atomic E-state index is 9.71. The van der Waals surface area contributed by atoms with Gasteiger partial charge in [0.1, 0.15) is 0 Å². The SMILES string of the molecule is CC(C)CC(CO)NC(c1ccccc1)C1CCCCC1. The first-order valence-corrected chi connectivity index (χ1v) is 8.62. The van der Waals surface area contributed by atoms with E-state index < -0.39 is 0 Å². The van der Waals surface area contributed by atoms with Gasteiger partial charge in [0, 0.05) is 12.1 Å². The fourth-order valence-electron chi connectivity index (χ4n) is 3.65. The topological polar surface area (TPSA) is 32.3 Å². The second-order valence-corrected chi connectivity index (χ2v) is 6.96. The van der Waals surface area contributed by atoms with Crippen LogP contribution in [0.5, 0.6) is 0 Å². The van der Waals surface area contributed by atoms with Crippen molar-refractivity contribution in [2.75, 3.05) is 6.61 Å². The van der Waals surface area contributed by atoms with Crippen LogP contribution >= 0.6 is 0 Å². The van der Waals surface area contributed by atoms with Gasteiger partial charge in [-0.25, -0.2) is 0 Å². The Hall–Kier alpha value is -0.860. The first-order valence-electron chi connectivity index (χ1n) is 8.62. The molecule has 0 radical (unpaired) electrons. The molecule has 1 aromatic rings. The molecule has 2 rings (SSSR count). The predicted molar refractivity (Wildman–Crippen MR) is 89.2 cm³/mol. The first-order chi connectivity index (χ1) is 10.2. The molecule has 0 aliphatic heterocycles. The fourth-order valence-corrected chi connectivity index (χ4v) is 3.65. The predicted octanol–water partition coefficient (Wildman–Crippen LogP) is 4.30. The number of hydrogen-bond donors (Lipinski definition) is 2. The molecule has 21 heavy (non-hydrogen) atoms. The van der Waals surface area contributed by atoms with E-state index in [1.54, 1.807) is 0 Å². The van der Waals surface area contributed by atoms with Gasteiger partial charge in [0.15, 0.2) is 0 Å². The highest BCUT2D eigenvalue weighted by molar-refractivity contribution is 5.20. The molecule has 2 atom stereocenters. The second-order valence-electron chi connectivity index (χ2n) is 6.96. The van der Waals surface area contributed by atoms with Crippen molar-refractivity contribution in [3.8, 4) is 0 Å². The van der Waals surface area contributed by atoms with Crippen LogP contribution in [0, 0.1) is 11.8 Å². The zero-order valence-corrected chi connectivity index (χ0v) is 13.6. The minimum absolute atomic E-state index is 0.206. The summed E-state index contributed by atoms with van der Waals surface area (Å²) in [5, 5.41) is 13.5. The lowest BCUT2D eigenvalue weighted by atomic mass is 9.80. The van der Waals surface area contributed by atoms with Crippen molar-refractivity contribution >= 4 is 0 Å². The Morgan fingerprint density at radius 1 is 1.10 bits per heavy atom. The molecule has 118 valence electrons. The minimum Gasteiger partial charge on any atom is -0.395 e. The quantitative estimate of drug-likeness (QED) is 0.784. The van der Waals surface area contributed by atoms with Gasteiger partial charge in [0.05, 0.1) is 6.61 Å². The molecule has 1 aromatic carbocycles. The highest BCUT2D eigenvalue weighted by Crippen LogP contribution is 2.35. The third-order valence-electron chi connectivity index (χ3n) is 4.67. The molecule has 2 N–H and O–H groups in total. The van der Waals surface area contributed by atoms with Crippen LogP contribution in [0.25, 0.3) is 0 Å². The Morgan fingerprint density at radius 3 is 2.33 bits per heavy atom. The Morgan fingerprint density at radius 2 is 1.76 bits per heavy atom. The summed E-state index contributed by atoms with van der Waals surface area (Å²) in [7, 11) is 0. The fraction of sp³-hybridized carbons (Fsp3) is 0.684. The van der Waals surface area contributed by atoms with E-state index in [9.17, 15) is 5.11 Å². The number of nitrogens with one attached hydrogen (secondary N) is 1. The zero-order chi connectivity index (χ0) is 15.1. The molecule has 1 fully saturated rings. The summed E-state index contributed by atoms with van der Waals surface area (Å²) in [6, 6.07) is 11.4. The van der Waals surface area contributed by atoms with Crippen molar-refractivity contribution in [3.05, 3.63) is 35.9 Å². The van der Waals surface area contributed by atoms with Crippen molar-refractivity contribution in [3.63, 3.8) is 0 Å². The number of hydrogen-bond acceptors (Lipinski definition) is 2. The molecule has 1 saturated carbocycles. The summed E-state index contributed by atoms with van der Waals surface area (Å²) in [5.41, 5.74) is 1.38. The molecule has 1 aliphatic rings. The van der Waals surface area contributed by atoms with Crippen molar-refractivity contribution in [1.29, 1.82) is 0 Å². The van der Waals surface area contributed by atoms with E-state index in [1.807, 2.05) is 0 Å². The van der Waals surface area contributed by atoms with Gasteiger partial charge < -0.3 is 10.4 Å². The third kappa shape index (κ3) is 5.12. The van der Waals surface area contributed by atoms with Crippen LogP contribution in [0.3, 0.4) is 0 Å².